The number of nitrogens with one attached hydrogen (secondary N) is 1. The van der Waals surface area contributed by atoms with Crippen molar-refractivity contribution in [2.45, 2.75) is 25.9 Å². The fraction of sp³-hybridized carbons (Fsp3) is 0.438. The molecule has 6 nitrogen and oxygen atoms in total. The Balaban J connectivity index is 1.67. The SMILES string of the molecule is CCNC(=O)OC1CCN(c2ncnc3ccccc23)CC1. The fourth-order valence-electron chi connectivity index (χ4n) is 2.77. The molecule has 116 valence electrons. The van der Waals surface area contributed by atoms with E-state index in [1.54, 1.807) is 6.33 Å². The molecule has 22 heavy (non-hydrogen) atoms. The Morgan fingerprint density at radius 2 is 2.09 bits per heavy atom. The molecule has 1 aromatic heterocycles. The molecule has 0 bridgehead atoms. The summed E-state index contributed by atoms with van der Waals surface area (Å²) in [7, 11) is 0. The molecule has 1 aliphatic heterocycles. The van der Waals surface area contributed by atoms with Crippen LogP contribution in [0.15, 0.2) is 30.6 Å². The number of carbonyl (C=O) groups is 1. The van der Waals surface area contributed by atoms with Crippen LogP contribution in [-0.4, -0.2) is 41.8 Å². The van der Waals surface area contributed by atoms with Gasteiger partial charge in [-0.2, -0.15) is 0 Å². The molecule has 0 spiro atoms. The number of rotatable bonds is 3. The third kappa shape index (κ3) is 3.10. The van der Waals surface area contributed by atoms with E-state index in [0.29, 0.717) is 6.54 Å². The molecule has 1 aliphatic rings. The highest BCUT2D eigenvalue weighted by atomic mass is 16.6. The first kappa shape index (κ1) is 14.6. The van der Waals surface area contributed by atoms with Crippen LogP contribution in [0.3, 0.4) is 0 Å². The monoisotopic (exact) mass is 300 g/mol. The molecule has 1 fully saturated rings. The van der Waals surface area contributed by atoms with Crippen molar-refractivity contribution in [3.05, 3.63) is 30.6 Å². The highest BCUT2D eigenvalue weighted by Crippen LogP contribution is 2.26. The summed E-state index contributed by atoms with van der Waals surface area (Å²) >= 11 is 0. The number of hydrogen-bond acceptors (Lipinski definition) is 5. The van der Waals surface area contributed by atoms with E-state index in [1.165, 1.54) is 0 Å². The summed E-state index contributed by atoms with van der Waals surface area (Å²) in [6.07, 6.45) is 2.89. The Labute approximate surface area is 129 Å². The Morgan fingerprint density at radius 1 is 1.32 bits per heavy atom. The van der Waals surface area contributed by atoms with Gasteiger partial charge in [-0.3, -0.25) is 0 Å². The van der Waals surface area contributed by atoms with Crippen molar-refractivity contribution in [1.82, 2.24) is 15.3 Å². The van der Waals surface area contributed by atoms with Gasteiger partial charge in [0.25, 0.3) is 0 Å². The standard InChI is InChI=1S/C16H20N4O2/c1-2-17-16(21)22-12-7-9-20(10-8-12)15-13-5-3-4-6-14(13)18-11-19-15/h3-6,11-12H,2,7-10H2,1H3,(H,17,21). The van der Waals surface area contributed by atoms with Gasteiger partial charge in [0.1, 0.15) is 18.2 Å². The number of aromatic nitrogens is 2. The number of benzene rings is 1. The second kappa shape index (κ2) is 6.60. The lowest BCUT2D eigenvalue weighted by Crippen LogP contribution is -2.40. The van der Waals surface area contributed by atoms with Crippen LogP contribution in [0, 0.1) is 0 Å². The lowest BCUT2D eigenvalue weighted by Gasteiger charge is -2.32. The zero-order valence-corrected chi connectivity index (χ0v) is 12.7. The van der Waals surface area contributed by atoms with E-state index in [4.69, 9.17) is 4.74 Å². The van der Waals surface area contributed by atoms with Crippen LogP contribution in [0.4, 0.5) is 10.6 Å². The average Bonchev–Trinajstić information content (AvgIpc) is 2.55. The lowest BCUT2D eigenvalue weighted by molar-refractivity contribution is 0.0836. The first-order valence-corrected chi connectivity index (χ1v) is 7.67. The molecule has 1 N–H and O–H groups in total. The highest BCUT2D eigenvalue weighted by molar-refractivity contribution is 5.89. The number of ether oxygens (including phenoxy) is 1. The molecule has 6 heteroatoms. The molecule has 0 unspecified atom stereocenters. The number of piperidine rings is 1. The van der Waals surface area contributed by atoms with Crippen molar-refractivity contribution in [2.24, 2.45) is 0 Å². The molecular weight excluding hydrogens is 280 g/mol. The normalized spacial score (nSPS) is 15.8. The minimum absolute atomic E-state index is 0.0177. The molecule has 1 saturated heterocycles. The number of para-hydroxylation sites is 1. The van der Waals surface area contributed by atoms with Crippen LogP contribution in [0.2, 0.25) is 0 Å². The summed E-state index contributed by atoms with van der Waals surface area (Å²) in [5.41, 5.74) is 0.952. The Morgan fingerprint density at radius 3 is 2.86 bits per heavy atom. The molecule has 2 heterocycles. The van der Waals surface area contributed by atoms with Gasteiger partial charge in [-0.1, -0.05) is 12.1 Å². The molecule has 3 rings (SSSR count). The lowest BCUT2D eigenvalue weighted by atomic mass is 10.1. The van der Waals surface area contributed by atoms with Gasteiger partial charge in [-0.25, -0.2) is 14.8 Å². The van der Waals surface area contributed by atoms with Crippen molar-refractivity contribution < 1.29 is 9.53 Å². The third-order valence-corrected chi connectivity index (χ3v) is 3.86. The summed E-state index contributed by atoms with van der Waals surface area (Å²) in [6, 6.07) is 8.01. The molecule has 0 saturated carbocycles. The minimum Gasteiger partial charge on any atom is -0.446 e. The van der Waals surface area contributed by atoms with E-state index in [0.717, 1.165) is 42.7 Å². The number of anilines is 1. The van der Waals surface area contributed by atoms with Crippen LogP contribution in [0.1, 0.15) is 19.8 Å². The summed E-state index contributed by atoms with van der Waals surface area (Å²) in [4.78, 5) is 22.4. The summed E-state index contributed by atoms with van der Waals surface area (Å²) in [5.74, 6) is 0.960. The van der Waals surface area contributed by atoms with Gasteiger partial charge in [0.2, 0.25) is 0 Å². The van der Waals surface area contributed by atoms with Crippen LogP contribution in [-0.2, 0) is 4.74 Å². The Bertz CT molecular complexity index is 648. The minimum atomic E-state index is -0.326. The van der Waals surface area contributed by atoms with E-state index in [9.17, 15) is 4.79 Å². The first-order valence-electron chi connectivity index (χ1n) is 7.67. The summed E-state index contributed by atoms with van der Waals surface area (Å²) < 4.78 is 5.39. The number of alkyl carbamates (subject to hydrolysis) is 1. The van der Waals surface area contributed by atoms with E-state index in [-0.39, 0.29) is 12.2 Å². The van der Waals surface area contributed by atoms with Gasteiger partial charge in [0, 0.05) is 37.9 Å². The predicted octanol–water partition coefficient (Wildman–Crippen LogP) is 2.34. The summed E-state index contributed by atoms with van der Waals surface area (Å²) in [5, 5.41) is 3.73. The molecule has 1 aromatic carbocycles. The topological polar surface area (TPSA) is 67.3 Å². The van der Waals surface area contributed by atoms with Gasteiger partial charge in [-0.15, -0.1) is 0 Å². The maximum absolute atomic E-state index is 11.5. The van der Waals surface area contributed by atoms with E-state index < -0.39 is 0 Å². The van der Waals surface area contributed by atoms with Crippen molar-refractivity contribution in [2.75, 3.05) is 24.5 Å². The Kier molecular flexibility index (Phi) is 4.37. The largest absolute Gasteiger partial charge is 0.446 e. The molecule has 0 atom stereocenters. The van der Waals surface area contributed by atoms with Crippen LogP contribution < -0.4 is 10.2 Å². The molecule has 1 amide bonds. The zero-order valence-electron chi connectivity index (χ0n) is 12.7. The number of hydrogen-bond donors (Lipinski definition) is 1. The highest BCUT2D eigenvalue weighted by Gasteiger charge is 2.24. The summed E-state index contributed by atoms with van der Waals surface area (Å²) in [6.45, 7) is 4.12. The maximum Gasteiger partial charge on any atom is 0.407 e. The van der Waals surface area contributed by atoms with E-state index >= 15 is 0 Å². The smallest absolute Gasteiger partial charge is 0.407 e. The average molecular weight is 300 g/mol. The van der Waals surface area contributed by atoms with Crippen LogP contribution in [0.25, 0.3) is 10.9 Å². The second-order valence-corrected chi connectivity index (χ2v) is 5.34. The van der Waals surface area contributed by atoms with E-state index in [1.807, 2.05) is 31.2 Å². The fourth-order valence-corrected chi connectivity index (χ4v) is 2.77. The zero-order chi connectivity index (χ0) is 15.4. The number of nitrogens with zero attached hydrogens (tertiary/aromatic N) is 3. The maximum atomic E-state index is 11.5. The van der Waals surface area contributed by atoms with Crippen molar-refractivity contribution in [3.8, 4) is 0 Å². The quantitative estimate of drug-likeness (QED) is 0.942. The van der Waals surface area contributed by atoms with Crippen molar-refractivity contribution in [3.63, 3.8) is 0 Å². The number of fused-ring (bicyclic) bond motifs is 1. The van der Waals surface area contributed by atoms with Gasteiger partial charge in [-0.05, 0) is 19.1 Å². The van der Waals surface area contributed by atoms with Crippen molar-refractivity contribution in [1.29, 1.82) is 0 Å². The van der Waals surface area contributed by atoms with Crippen LogP contribution >= 0.6 is 0 Å². The van der Waals surface area contributed by atoms with Crippen molar-refractivity contribution >= 4 is 22.8 Å². The van der Waals surface area contributed by atoms with Gasteiger partial charge in [0.05, 0.1) is 5.52 Å². The number of amides is 1. The predicted molar refractivity (Wildman–Crippen MR) is 84.9 cm³/mol. The van der Waals surface area contributed by atoms with Gasteiger partial charge in [0.15, 0.2) is 0 Å². The number of carbonyl (C=O) groups excluding carboxylic acids is 1. The molecular formula is C16H20N4O2. The molecule has 2 aromatic rings. The van der Waals surface area contributed by atoms with E-state index in [2.05, 4.69) is 20.2 Å². The van der Waals surface area contributed by atoms with Gasteiger partial charge < -0.3 is 15.0 Å². The molecule has 0 aliphatic carbocycles. The second-order valence-electron chi connectivity index (χ2n) is 5.34. The van der Waals surface area contributed by atoms with Crippen LogP contribution in [0.5, 0.6) is 0 Å². The Hall–Kier alpha value is -2.37. The third-order valence-electron chi connectivity index (χ3n) is 3.86. The van der Waals surface area contributed by atoms with Gasteiger partial charge >= 0.3 is 6.09 Å². The molecule has 0 radical (unpaired) electrons. The first-order chi connectivity index (χ1) is 10.8.